The van der Waals surface area contributed by atoms with Crippen LogP contribution >= 0.6 is 0 Å². The van der Waals surface area contributed by atoms with Gasteiger partial charge >= 0.3 is 0 Å². The zero-order chi connectivity index (χ0) is 17.0. The molecule has 3 aliphatic carbocycles. The summed E-state index contributed by atoms with van der Waals surface area (Å²) in [6.45, 7) is 2.57. The number of hydrogen-bond donors (Lipinski definition) is 1. The summed E-state index contributed by atoms with van der Waals surface area (Å²) in [5, 5.41) is 0. The predicted octanol–water partition coefficient (Wildman–Crippen LogP) is 3.64. The standard InChI is InChI=1S/C22H30N2O/c23-21(25)17-8-7-16-13-20-18-6-1-2-9-22(18,19(16)12-17)10-11-24(20)14-15-4-3-5-15/h7-8,12,15,18,20H,1-6,9-11,13-14H2,(H2,23,25)/t18-,20?,22-/m0/s1. The smallest absolute Gasteiger partial charge is 0.248 e. The molecule has 3 heteroatoms. The minimum atomic E-state index is -0.281. The van der Waals surface area contributed by atoms with Crippen LogP contribution in [0.15, 0.2) is 18.2 Å². The Bertz CT molecular complexity index is 695. The van der Waals surface area contributed by atoms with Crippen LogP contribution in [0.2, 0.25) is 0 Å². The lowest BCUT2D eigenvalue weighted by atomic mass is 9.52. The van der Waals surface area contributed by atoms with E-state index in [4.69, 9.17) is 5.73 Å². The van der Waals surface area contributed by atoms with Crippen LogP contribution in [0, 0.1) is 11.8 Å². The highest BCUT2D eigenvalue weighted by atomic mass is 16.1. The fourth-order valence-electron chi connectivity index (χ4n) is 6.47. The van der Waals surface area contributed by atoms with E-state index in [9.17, 15) is 4.79 Å². The van der Waals surface area contributed by atoms with Gasteiger partial charge in [-0.25, -0.2) is 0 Å². The maximum absolute atomic E-state index is 11.7. The Morgan fingerprint density at radius 1 is 1.16 bits per heavy atom. The van der Waals surface area contributed by atoms with Gasteiger partial charge in [0.05, 0.1) is 0 Å². The molecule has 3 nitrogen and oxygen atoms in total. The molecule has 4 aliphatic rings. The molecular formula is C22H30N2O. The number of carbonyl (C=O) groups excluding carboxylic acids is 1. The van der Waals surface area contributed by atoms with E-state index in [2.05, 4.69) is 17.0 Å². The van der Waals surface area contributed by atoms with Gasteiger partial charge in [-0.15, -0.1) is 0 Å². The third kappa shape index (κ3) is 2.38. The molecule has 0 spiro atoms. The van der Waals surface area contributed by atoms with Crippen molar-refractivity contribution in [3.8, 4) is 0 Å². The second kappa shape index (κ2) is 5.84. The molecule has 2 saturated carbocycles. The molecule has 1 aromatic rings. The highest BCUT2D eigenvalue weighted by molar-refractivity contribution is 5.93. The SMILES string of the molecule is NC(=O)c1ccc2c(c1)[C@]13CCCC[C@H]1C(C2)N(CC1CCC1)CC3. The van der Waals surface area contributed by atoms with E-state index in [1.807, 2.05) is 6.07 Å². The largest absolute Gasteiger partial charge is 0.366 e. The van der Waals surface area contributed by atoms with Crippen molar-refractivity contribution in [3.63, 3.8) is 0 Å². The first-order valence-electron chi connectivity index (χ1n) is 10.3. The molecule has 0 aromatic heterocycles. The number of amides is 1. The van der Waals surface area contributed by atoms with Gasteiger partial charge in [0.15, 0.2) is 0 Å². The molecule has 1 aliphatic heterocycles. The average molecular weight is 338 g/mol. The monoisotopic (exact) mass is 338 g/mol. The van der Waals surface area contributed by atoms with Crippen LogP contribution in [0.4, 0.5) is 0 Å². The lowest BCUT2D eigenvalue weighted by Gasteiger charge is -2.59. The van der Waals surface area contributed by atoms with E-state index in [0.717, 1.165) is 17.9 Å². The normalized spacial score (nSPS) is 34.7. The van der Waals surface area contributed by atoms with Gasteiger partial charge in [0, 0.05) is 23.6 Å². The number of likely N-dealkylation sites (tertiary alicyclic amines) is 1. The molecule has 5 rings (SSSR count). The number of nitrogens with zero attached hydrogens (tertiary/aromatic N) is 1. The fourth-order valence-corrected chi connectivity index (χ4v) is 6.47. The van der Waals surface area contributed by atoms with Crippen molar-refractivity contribution in [3.05, 3.63) is 34.9 Å². The average Bonchev–Trinajstić information content (AvgIpc) is 2.59. The van der Waals surface area contributed by atoms with Crippen LogP contribution in [0.5, 0.6) is 0 Å². The summed E-state index contributed by atoms with van der Waals surface area (Å²) in [7, 11) is 0. The van der Waals surface area contributed by atoms with Crippen LogP contribution in [0.3, 0.4) is 0 Å². The Morgan fingerprint density at radius 2 is 2.04 bits per heavy atom. The van der Waals surface area contributed by atoms with Gasteiger partial charge < -0.3 is 5.73 Å². The quantitative estimate of drug-likeness (QED) is 0.914. The summed E-state index contributed by atoms with van der Waals surface area (Å²) in [5.74, 6) is 1.46. The lowest BCUT2D eigenvalue weighted by molar-refractivity contribution is -0.0240. The minimum absolute atomic E-state index is 0.281. The molecule has 1 aromatic carbocycles. The van der Waals surface area contributed by atoms with Gasteiger partial charge in [0.25, 0.3) is 0 Å². The third-order valence-electron chi connectivity index (χ3n) is 7.95. The Labute approximate surface area is 151 Å². The molecule has 0 radical (unpaired) electrons. The minimum Gasteiger partial charge on any atom is -0.366 e. The summed E-state index contributed by atoms with van der Waals surface area (Å²) < 4.78 is 0. The van der Waals surface area contributed by atoms with Crippen LogP contribution in [-0.4, -0.2) is 29.9 Å². The van der Waals surface area contributed by atoms with Crippen molar-refractivity contribution in [2.24, 2.45) is 17.6 Å². The summed E-state index contributed by atoms with van der Waals surface area (Å²) >= 11 is 0. The predicted molar refractivity (Wildman–Crippen MR) is 99.6 cm³/mol. The van der Waals surface area contributed by atoms with E-state index in [0.29, 0.717) is 11.0 Å². The van der Waals surface area contributed by atoms with Crippen LogP contribution in [-0.2, 0) is 11.8 Å². The van der Waals surface area contributed by atoms with Crippen LogP contribution < -0.4 is 5.73 Å². The Hall–Kier alpha value is -1.35. The topological polar surface area (TPSA) is 46.3 Å². The molecule has 1 amide bonds. The molecule has 1 heterocycles. The van der Waals surface area contributed by atoms with Gasteiger partial charge in [-0.1, -0.05) is 25.3 Å². The molecule has 134 valence electrons. The van der Waals surface area contributed by atoms with E-state index >= 15 is 0 Å². The summed E-state index contributed by atoms with van der Waals surface area (Å²) in [5.41, 5.74) is 9.58. The molecule has 1 unspecified atom stereocenters. The van der Waals surface area contributed by atoms with Gasteiger partial charge in [0.2, 0.25) is 5.91 Å². The van der Waals surface area contributed by atoms with Crippen LogP contribution in [0.25, 0.3) is 0 Å². The van der Waals surface area contributed by atoms with E-state index in [1.165, 1.54) is 82.0 Å². The van der Waals surface area contributed by atoms with Gasteiger partial charge in [-0.05, 0) is 80.2 Å². The van der Waals surface area contributed by atoms with E-state index in [1.54, 1.807) is 0 Å². The van der Waals surface area contributed by atoms with E-state index < -0.39 is 0 Å². The highest BCUT2D eigenvalue weighted by Crippen LogP contribution is 2.56. The zero-order valence-corrected chi connectivity index (χ0v) is 15.2. The first-order valence-corrected chi connectivity index (χ1v) is 10.3. The first kappa shape index (κ1) is 15.9. The molecule has 3 fully saturated rings. The lowest BCUT2D eigenvalue weighted by Crippen LogP contribution is -2.61. The Morgan fingerprint density at radius 3 is 2.80 bits per heavy atom. The van der Waals surface area contributed by atoms with Crippen molar-refractivity contribution >= 4 is 5.91 Å². The Kier molecular flexibility index (Phi) is 3.70. The summed E-state index contributed by atoms with van der Waals surface area (Å²) in [4.78, 5) is 14.6. The van der Waals surface area contributed by atoms with Crippen molar-refractivity contribution in [1.29, 1.82) is 0 Å². The molecule has 3 atom stereocenters. The van der Waals surface area contributed by atoms with Crippen molar-refractivity contribution < 1.29 is 4.79 Å². The number of hydrogen-bond acceptors (Lipinski definition) is 2. The van der Waals surface area contributed by atoms with Gasteiger partial charge in [-0.2, -0.15) is 0 Å². The Balaban J connectivity index is 1.54. The molecule has 2 N–H and O–H groups in total. The molecule has 2 bridgehead atoms. The fraction of sp³-hybridized carbons (Fsp3) is 0.682. The van der Waals surface area contributed by atoms with Crippen molar-refractivity contribution in [2.45, 2.75) is 69.2 Å². The molecule has 1 saturated heterocycles. The second-order valence-electron chi connectivity index (χ2n) is 9.06. The highest BCUT2D eigenvalue weighted by Gasteiger charge is 2.53. The van der Waals surface area contributed by atoms with Crippen molar-refractivity contribution in [2.75, 3.05) is 13.1 Å². The molecule has 25 heavy (non-hydrogen) atoms. The number of piperidine rings is 1. The third-order valence-corrected chi connectivity index (χ3v) is 7.95. The maximum atomic E-state index is 11.7. The van der Waals surface area contributed by atoms with E-state index in [-0.39, 0.29) is 5.91 Å². The summed E-state index contributed by atoms with van der Waals surface area (Å²) in [6, 6.07) is 7.05. The number of rotatable bonds is 3. The number of nitrogens with two attached hydrogens (primary N) is 1. The zero-order valence-electron chi connectivity index (χ0n) is 15.2. The summed E-state index contributed by atoms with van der Waals surface area (Å²) in [6.07, 6.45) is 12.2. The molecular weight excluding hydrogens is 308 g/mol. The maximum Gasteiger partial charge on any atom is 0.248 e. The number of carbonyl (C=O) groups is 1. The van der Waals surface area contributed by atoms with Crippen LogP contribution in [0.1, 0.15) is 72.9 Å². The number of benzene rings is 1. The first-order chi connectivity index (χ1) is 12.2. The number of fused-ring (bicyclic) bond motifs is 1. The number of primary amides is 1. The van der Waals surface area contributed by atoms with Crippen molar-refractivity contribution in [1.82, 2.24) is 4.90 Å². The van der Waals surface area contributed by atoms with Gasteiger partial charge in [-0.3, -0.25) is 9.69 Å². The van der Waals surface area contributed by atoms with Gasteiger partial charge in [0.1, 0.15) is 0 Å². The second-order valence-corrected chi connectivity index (χ2v) is 9.06.